The van der Waals surface area contributed by atoms with Crippen molar-refractivity contribution in [3.8, 4) is 11.1 Å². The number of nitrogens with zero attached hydrogens (tertiary/aromatic N) is 2. The second-order valence-electron chi connectivity index (χ2n) is 12.0. The lowest BCUT2D eigenvalue weighted by Crippen LogP contribution is -2.42. The first-order valence-corrected chi connectivity index (χ1v) is 16.3. The molecule has 2 aromatic carbocycles. The fourth-order valence-electron chi connectivity index (χ4n) is 6.04. The molecule has 236 valence electrons. The molecule has 2 saturated heterocycles. The number of morpholine rings is 1. The number of nitrogens with one attached hydrogen (secondary N) is 2. The lowest BCUT2D eigenvalue weighted by atomic mass is 9.94. The van der Waals surface area contributed by atoms with Gasteiger partial charge in [-0.3, -0.25) is 14.5 Å². The highest BCUT2D eigenvalue weighted by molar-refractivity contribution is 5.99. The van der Waals surface area contributed by atoms with Crippen LogP contribution in [0.3, 0.4) is 0 Å². The summed E-state index contributed by atoms with van der Waals surface area (Å²) in [7, 11) is 0. The SMILES string of the molecule is CCC(C)NC(=O)C(CC)CNC(=O)c1cc(-c2ccc(CN3CCOCC3)cc2)cc(N(CC)C2CCOCC2)c1C. The van der Waals surface area contributed by atoms with Crippen LogP contribution in [0.1, 0.15) is 74.9 Å². The van der Waals surface area contributed by atoms with Crippen molar-refractivity contribution in [2.45, 2.75) is 78.9 Å². The van der Waals surface area contributed by atoms with Crippen molar-refractivity contribution in [3.05, 3.63) is 53.1 Å². The minimum absolute atomic E-state index is 0.00263. The highest BCUT2D eigenvalue weighted by Gasteiger charge is 2.26. The fraction of sp³-hybridized carbons (Fsp3) is 0.600. The van der Waals surface area contributed by atoms with Crippen molar-refractivity contribution >= 4 is 17.5 Å². The van der Waals surface area contributed by atoms with E-state index in [0.29, 0.717) is 24.6 Å². The first-order valence-electron chi connectivity index (χ1n) is 16.3. The van der Waals surface area contributed by atoms with E-state index in [1.807, 2.05) is 26.8 Å². The number of amides is 2. The van der Waals surface area contributed by atoms with Crippen molar-refractivity contribution < 1.29 is 19.1 Å². The van der Waals surface area contributed by atoms with E-state index in [-0.39, 0.29) is 23.8 Å². The van der Waals surface area contributed by atoms with Crippen LogP contribution in [-0.4, -0.2) is 81.4 Å². The summed E-state index contributed by atoms with van der Waals surface area (Å²) in [5, 5.41) is 6.17. The van der Waals surface area contributed by atoms with Gasteiger partial charge >= 0.3 is 0 Å². The Bertz CT molecular complexity index is 1190. The predicted octanol–water partition coefficient (Wildman–Crippen LogP) is 5.17. The topological polar surface area (TPSA) is 83.1 Å². The molecule has 0 radical (unpaired) electrons. The first kappa shape index (κ1) is 33.0. The van der Waals surface area contributed by atoms with Crippen LogP contribution in [-0.2, 0) is 20.8 Å². The van der Waals surface area contributed by atoms with E-state index in [1.165, 1.54) is 5.56 Å². The minimum Gasteiger partial charge on any atom is -0.381 e. The number of benzene rings is 2. The number of rotatable bonds is 13. The smallest absolute Gasteiger partial charge is 0.251 e. The molecule has 0 bridgehead atoms. The maximum absolute atomic E-state index is 13.8. The van der Waals surface area contributed by atoms with Gasteiger partial charge in [-0.2, -0.15) is 0 Å². The Morgan fingerprint density at radius 2 is 1.63 bits per heavy atom. The van der Waals surface area contributed by atoms with Gasteiger partial charge in [0.2, 0.25) is 5.91 Å². The van der Waals surface area contributed by atoms with Crippen LogP contribution >= 0.6 is 0 Å². The molecule has 8 nitrogen and oxygen atoms in total. The highest BCUT2D eigenvalue weighted by atomic mass is 16.5. The van der Waals surface area contributed by atoms with Crippen LogP contribution in [0.15, 0.2) is 36.4 Å². The zero-order chi connectivity index (χ0) is 30.8. The summed E-state index contributed by atoms with van der Waals surface area (Å²) in [5.74, 6) is -0.409. The third kappa shape index (κ3) is 8.80. The third-order valence-electron chi connectivity index (χ3n) is 9.08. The van der Waals surface area contributed by atoms with E-state index in [0.717, 1.165) is 94.2 Å². The van der Waals surface area contributed by atoms with Crippen LogP contribution in [0, 0.1) is 12.8 Å². The Morgan fingerprint density at radius 3 is 2.26 bits per heavy atom. The van der Waals surface area contributed by atoms with Crippen LogP contribution in [0.2, 0.25) is 0 Å². The van der Waals surface area contributed by atoms with Crippen molar-refractivity contribution in [2.24, 2.45) is 5.92 Å². The monoisotopic (exact) mass is 592 g/mol. The molecule has 8 heteroatoms. The number of carbonyl (C=O) groups is 2. The predicted molar refractivity (Wildman–Crippen MR) is 174 cm³/mol. The van der Waals surface area contributed by atoms with Gasteiger partial charge in [0.15, 0.2) is 0 Å². The molecule has 2 aliphatic heterocycles. The molecule has 2 N–H and O–H groups in total. The van der Waals surface area contributed by atoms with Gasteiger partial charge in [0.05, 0.1) is 19.1 Å². The molecule has 2 aromatic rings. The Balaban J connectivity index is 1.61. The summed E-state index contributed by atoms with van der Waals surface area (Å²) in [6, 6.07) is 13.5. The number of anilines is 1. The molecule has 2 atom stereocenters. The van der Waals surface area contributed by atoms with Gasteiger partial charge in [0.1, 0.15) is 0 Å². The molecule has 0 aromatic heterocycles. The van der Waals surface area contributed by atoms with E-state index in [9.17, 15) is 9.59 Å². The average molecular weight is 593 g/mol. The second kappa shape index (κ2) is 16.2. The number of carbonyl (C=O) groups excluding carboxylic acids is 2. The molecule has 0 saturated carbocycles. The molecule has 0 aliphatic carbocycles. The Morgan fingerprint density at radius 1 is 0.953 bits per heavy atom. The van der Waals surface area contributed by atoms with Crippen molar-refractivity contribution in [1.82, 2.24) is 15.5 Å². The number of ether oxygens (including phenoxy) is 2. The normalized spacial score (nSPS) is 17.7. The molecule has 2 fully saturated rings. The molecule has 4 rings (SSSR count). The lowest BCUT2D eigenvalue weighted by molar-refractivity contribution is -0.125. The second-order valence-corrected chi connectivity index (χ2v) is 12.0. The van der Waals surface area contributed by atoms with E-state index < -0.39 is 0 Å². The Kier molecular flexibility index (Phi) is 12.4. The van der Waals surface area contributed by atoms with E-state index >= 15 is 0 Å². The molecule has 2 aliphatic rings. The maximum atomic E-state index is 13.8. The molecular weight excluding hydrogens is 540 g/mol. The van der Waals surface area contributed by atoms with Gasteiger partial charge < -0.3 is 25.0 Å². The largest absolute Gasteiger partial charge is 0.381 e. The summed E-state index contributed by atoms with van der Waals surface area (Å²) in [6.07, 6.45) is 3.48. The first-order chi connectivity index (χ1) is 20.8. The van der Waals surface area contributed by atoms with Gasteiger partial charge in [0, 0.05) is 69.3 Å². The van der Waals surface area contributed by atoms with E-state index in [4.69, 9.17) is 9.47 Å². The summed E-state index contributed by atoms with van der Waals surface area (Å²) >= 11 is 0. The highest BCUT2D eigenvalue weighted by Crippen LogP contribution is 2.34. The maximum Gasteiger partial charge on any atom is 0.251 e. The molecule has 0 spiro atoms. The molecule has 43 heavy (non-hydrogen) atoms. The fourth-order valence-corrected chi connectivity index (χ4v) is 6.04. The number of hydrogen-bond acceptors (Lipinski definition) is 6. The zero-order valence-electron chi connectivity index (χ0n) is 26.9. The summed E-state index contributed by atoms with van der Waals surface area (Å²) in [6.45, 7) is 17.4. The average Bonchev–Trinajstić information content (AvgIpc) is 3.03. The van der Waals surface area contributed by atoms with Crippen LogP contribution in [0.4, 0.5) is 5.69 Å². The minimum atomic E-state index is -0.269. The Hall–Kier alpha value is -2.94. The molecular formula is C35H52N4O4. The van der Waals surface area contributed by atoms with Gasteiger partial charge in [0.25, 0.3) is 5.91 Å². The van der Waals surface area contributed by atoms with Crippen LogP contribution in [0.25, 0.3) is 11.1 Å². The Labute approximate surface area is 258 Å². The van der Waals surface area contributed by atoms with Gasteiger partial charge in [-0.25, -0.2) is 0 Å². The molecule has 2 heterocycles. The van der Waals surface area contributed by atoms with Crippen molar-refractivity contribution in [2.75, 3.05) is 57.5 Å². The summed E-state index contributed by atoms with van der Waals surface area (Å²) in [4.78, 5) is 31.5. The standard InChI is InChI=1S/C35H52N4O4/c1-6-25(4)37-34(40)28(7-2)23-36-35(41)32-21-30(22-33(26(32)5)39(8-3)31-13-17-42-18-14-31)29-11-9-27(10-12-29)24-38-15-19-43-20-16-38/h9-12,21-22,25,28,31H,6-8,13-20,23-24H2,1-5H3,(H,36,41)(H,37,40). The molecule has 2 amide bonds. The van der Waals surface area contributed by atoms with Crippen LogP contribution < -0.4 is 15.5 Å². The summed E-state index contributed by atoms with van der Waals surface area (Å²) in [5.41, 5.74) is 6.10. The summed E-state index contributed by atoms with van der Waals surface area (Å²) < 4.78 is 11.2. The van der Waals surface area contributed by atoms with Gasteiger partial charge in [-0.05, 0) is 80.8 Å². The van der Waals surface area contributed by atoms with Gasteiger partial charge in [-0.1, -0.05) is 38.1 Å². The zero-order valence-corrected chi connectivity index (χ0v) is 26.9. The van der Waals surface area contributed by atoms with Crippen LogP contribution in [0.5, 0.6) is 0 Å². The van der Waals surface area contributed by atoms with Gasteiger partial charge in [-0.15, -0.1) is 0 Å². The van der Waals surface area contributed by atoms with Crippen molar-refractivity contribution in [1.29, 1.82) is 0 Å². The number of hydrogen-bond donors (Lipinski definition) is 2. The quantitative estimate of drug-likeness (QED) is 0.334. The lowest BCUT2D eigenvalue weighted by Gasteiger charge is -2.37. The molecule has 2 unspecified atom stereocenters. The van der Waals surface area contributed by atoms with E-state index in [1.54, 1.807) is 0 Å². The van der Waals surface area contributed by atoms with E-state index in [2.05, 4.69) is 64.6 Å². The third-order valence-corrected chi connectivity index (χ3v) is 9.08. The van der Waals surface area contributed by atoms with Crippen molar-refractivity contribution in [3.63, 3.8) is 0 Å².